The SMILES string of the molecule is CC(C)C1CCC(c2noc(CCNC3CC3)n2)CC1. The van der Waals surface area contributed by atoms with Gasteiger partial charge in [-0.05, 0) is 50.4 Å². The van der Waals surface area contributed by atoms with Crippen LogP contribution in [0.25, 0.3) is 0 Å². The third-order valence-corrected chi connectivity index (χ3v) is 4.91. The van der Waals surface area contributed by atoms with E-state index in [-0.39, 0.29) is 0 Å². The molecule has 3 rings (SSSR count). The lowest BCUT2D eigenvalue weighted by Crippen LogP contribution is -2.19. The summed E-state index contributed by atoms with van der Waals surface area (Å²) in [4.78, 5) is 4.60. The highest BCUT2D eigenvalue weighted by Gasteiger charge is 2.27. The molecule has 4 nitrogen and oxygen atoms in total. The quantitative estimate of drug-likeness (QED) is 0.867. The second kappa shape index (κ2) is 6.25. The molecule has 1 aromatic rings. The summed E-state index contributed by atoms with van der Waals surface area (Å²) >= 11 is 0. The molecule has 2 saturated carbocycles. The van der Waals surface area contributed by atoms with Crippen LogP contribution in [0.1, 0.15) is 70.0 Å². The Kier molecular flexibility index (Phi) is 4.39. The molecule has 1 aromatic heterocycles. The van der Waals surface area contributed by atoms with Gasteiger partial charge in [0.25, 0.3) is 0 Å². The van der Waals surface area contributed by atoms with Gasteiger partial charge < -0.3 is 9.84 Å². The Labute approximate surface area is 121 Å². The summed E-state index contributed by atoms with van der Waals surface area (Å²) in [6.45, 7) is 5.64. The number of aromatic nitrogens is 2. The summed E-state index contributed by atoms with van der Waals surface area (Å²) in [5.41, 5.74) is 0. The Hall–Kier alpha value is -0.900. The molecule has 0 aliphatic heterocycles. The molecule has 4 heteroatoms. The maximum absolute atomic E-state index is 5.39. The first-order valence-electron chi connectivity index (χ1n) is 8.28. The maximum Gasteiger partial charge on any atom is 0.227 e. The Morgan fingerprint density at radius 3 is 2.55 bits per heavy atom. The zero-order valence-corrected chi connectivity index (χ0v) is 12.8. The Bertz CT molecular complexity index is 417. The molecular formula is C16H27N3O. The number of nitrogens with zero attached hydrogens (tertiary/aromatic N) is 2. The first-order chi connectivity index (χ1) is 9.72. The molecule has 2 aliphatic rings. The Balaban J connectivity index is 1.46. The van der Waals surface area contributed by atoms with Crippen molar-refractivity contribution in [2.45, 2.75) is 70.8 Å². The van der Waals surface area contributed by atoms with Crippen molar-refractivity contribution in [3.8, 4) is 0 Å². The van der Waals surface area contributed by atoms with Crippen LogP contribution in [0.5, 0.6) is 0 Å². The van der Waals surface area contributed by atoms with Gasteiger partial charge >= 0.3 is 0 Å². The van der Waals surface area contributed by atoms with Gasteiger partial charge in [0, 0.05) is 24.9 Å². The van der Waals surface area contributed by atoms with Crippen LogP contribution < -0.4 is 5.32 Å². The molecule has 0 saturated heterocycles. The van der Waals surface area contributed by atoms with Gasteiger partial charge in [0.2, 0.25) is 5.89 Å². The molecule has 0 spiro atoms. The van der Waals surface area contributed by atoms with E-state index >= 15 is 0 Å². The molecule has 1 heterocycles. The van der Waals surface area contributed by atoms with Crippen molar-refractivity contribution in [2.75, 3.05) is 6.54 Å². The second-order valence-electron chi connectivity index (χ2n) is 6.88. The fraction of sp³-hybridized carbons (Fsp3) is 0.875. The van der Waals surface area contributed by atoms with Crippen LogP contribution in [0, 0.1) is 11.8 Å². The average molecular weight is 277 g/mol. The minimum Gasteiger partial charge on any atom is -0.339 e. The van der Waals surface area contributed by atoms with Gasteiger partial charge in [-0.25, -0.2) is 0 Å². The molecule has 1 N–H and O–H groups in total. The van der Waals surface area contributed by atoms with Gasteiger partial charge in [0.05, 0.1) is 0 Å². The molecule has 0 radical (unpaired) electrons. The Morgan fingerprint density at radius 2 is 1.90 bits per heavy atom. The minimum atomic E-state index is 0.527. The van der Waals surface area contributed by atoms with Gasteiger partial charge in [-0.15, -0.1) is 0 Å². The van der Waals surface area contributed by atoms with Crippen molar-refractivity contribution in [3.05, 3.63) is 11.7 Å². The highest BCUT2D eigenvalue weighted by Crippen LogP contribution is 2.37. The summed E-state index contributed by atoms with van der Waals surface area (Å²) < 4.78 is 5.39. The molecule has 0 aromatic carbocycles. The summed E-state index contributed by atoms with van der Waals surface area (Å²) in [6.07, 6.45) is 8.60. The van der Waals surface area contributed by atoms with Gasteiger partial charge in [0.1, 0.15) is 0 Å². The molecule has 2 aliphatic carbocycles. The van der Waals surface area contributed by atoms with E-state index in [1.54, 1.807) is 0 Å². The summed E-state index contributed by atoms with van der Waals surface area (Å²) in [5.74, 6) is 3.98. The van der Waals surface area contributed by atoms with E-state index in [1.165, 1.54) is 38.5 Å². The first-order valence-corrected chi connectivity index (χ1v) is 8.28. The molecule has 20 heavy (non-hydrogen) atoms. The lowest BCUT2D eigenvalue weighted by molar-refractivity contribution is 0.251. The first kappa shape index (κ1) is 14.1. The van der Waals surface area contributed by atoms with E-state index in [1.807, 2.05) is 0 Å². The molecule has 2 fully saturated rings. The van der Waals surface area contributed by atoms with E-state index in [2.05, 4.69) is 29.3 Å². The molecule has 0 atom stereocenters. The van der Waals surface area contributed by atoms with Crippen molar-refractivity contribution in [3.63, 3.8) is 0 Å². The van der Waals surface area contributed by atoms with Crippen LogP contribution >= 0.6 is 0 Å². The normalized spacial score (nSPS) is 27.1. The zero-order chi connectivity index (χ0) is 13.9. The second-order valence-corrected chi connectivity index (χ2v) is 6.88. The number of hydrogen-bond donors (Lipinski definition) is 1. The monoisotopic (exact) mass is 277 g/mol. The molecule has 0 unspecified atom stereocenters. The van der Waals surface area contributed by atoms with Gasteiger partial charge in [-0.1, -0.05) is 19.0 Å². The lowest BCUT2D eigenvalue weighted by atomic mass is 9.77. The van der Waals surface area contributed by atoms with Gasteiger partial charge in [0.15, 0.2) is 5.82 Å². The van der Waals surface area contributed by atoms with Crippen molar-refractivity contribution in [1.82, 2.24) is 15.5 Å². The van der Waals surface area contributed by atoms with E-state index in [9.17, 15) is 0 Å². The predicted octanol–water partition coefficient (Wildman–Crippen LogP) is 3.29. The number of hydrogen-bond acceptors (Lipinski definition) is 4. The maximum atomic E-state index is 5.39. The summed E-state index contributed by atoms with van der Waals surface area (Å²) in [5, 5.41) is 7.69. The fourth-order valence-electron chi connectivity index (χ4n) is 3.25. The number of nitrogens with one attached hydrogen (secondary N) is 1. The van der Waals surface area contributed by atoms with Crippen LogP contribution in [0.2, 0.25) is 0 Å². The topological polar surface area (TPSA) is 51.0 Å². The molecule has 0 bridgehead atoms. The predicted molar refractivity (Wildman–Crippen MR) is 78.6 cm³/mol. The molecule has 112 valence electrons. The molecule has 0 amide bonds. The van der Waals surface area contributed by atoms with Crippen molar-refractivity contribution >= 4 is 0 Å². The molecular weight excluding hydrogens is 250 g/mol. The summed E-state index contributed by atoms with van der Waals surface area (Å²) in [6, 6.07) is 0.753. The van der Waals surface area contributed by atoms with E-state index in [0.29, 0.717) is 5.92 Å². The van der Waals surface area contributed by atoms with E-state index in [0.717, 1.165) is 42.6 Å². The fourth-order valence-corrected chi connectivity index (χ4v) is 3.25. The highest BCUT2D eigenvalue weighted by molar-refractivity contribution is 4.98. The average Bonchev–Trinajstić information content (AvgIpc) is 3.15. The van der Waals surface area contributed by atoms with Gasteiger partial charge in [-0.2, -0.15) is 4.98 Å². The van der Waals surface area contributed by atoms with Crippen LogP contribution in [-0.4, -0.2) is 22.7 Å². The standard InChI is InChI=1S/C16H27N3O/c1-11(2)12-3-5-13(6-4-12)16-18-15(20-19-16)9-10-17-14-7-8-14/h11-14,17H,3-10H2,1-2H3. The van der Waals surface area contributed by atoms with Crippen molar-refractivity contribution < 1.29 is 4.52 Å². The third-order valence-electron chi connectivity index (χ3n) is 4.91. The highest BCUT2D eigenvalue weighted by atomic mass is 16.5. The van der Waals surface area contributed by atoms with Gasteiger partial charge in [-0.3, -0.25) is 0 Å². The van der Waals surface area contributed by atoms with Crippen molar-refractivity contribution in [2.24, 2.45) is 11.8 Å². The van der Waals surface area contributed by atoms with Crippen LogP contribution in [0.4, 0.5) is 0 Å². The summed E-state index contributed by atoms with van der Waals surface area (Å²) in [7, 11) is 0. The number of rotatable bonds is 6. The smallest absolute Gasteiger partial charge is 0.227 e. The third kappa shape index (κ3) is 3.60. The van der Waals surface area contributed by atoms with Crippen LogP contribution in [0.3, 0.4) is 0 Å². The van der Waals surface area contributed by atoms with E-state index < -0.39 is 0 Å². The van der Waals surface area contributed by atoms with E-state index in [4.69, 9.17) is 4.52 Å². The Morgan fingerprint density at radius 1 is 1.15 bits per heavy atom. The van der Waals surface area contributed by atoms with Crippen LogP contribution in [-0.2, 0) is 6.42 Å². The van der Waals surface area contributed by atoms with Crippen molar-refractivity contribution in [1.29, 1.82) is 0 Å². The van der Waals surface area contributed by atoms with Crippen LogP contribution in [0.15, 0.2) is 4.52 Å². The zero-order valence-electron chi connectivity index (χ0n) is 12.8. The largest absolute Gasteiger partial charge is 0.339 e. The minimum absolute atomic E-state index is 0.527. The lowest BCUT2D eigenvalue weighted by Gasteiger charge is -2.29.